The second-order valence-corrected chi connectivity index (χ2v) is 6.62. The molecule has 22 heavy (non-hydrogen) atoms. The second kappa shape index (κ2) is 7.20. The zero-order chi connectivity index (χ0) is 15.4. The van der Waals surface area contributed by atoms with E-state index in [1.54, 1.807) is 6.20 Å². The molecule has 1 aromatic heterocycles. The molecule has 1 fully saturated rings. The Labute approximate surface area is 139 Å². The molecule has 2 heterocycles. The number of imidazole rings is 1. The summed E-state index contributed by atoms with van der Waals surface area (Å²) >= 11 is 3.45. The Hall–Kier alpha value is -1.46. The summed E-state index contributed by atoms with van der Waals surface area (Å²) in [6.07, 6.45) is 6.37. The van der Waals surface area contributed by atoms with Gasteiger partial charge in [-0.2, -0.15) is 0 Å². The first-order valence-electron chi connectivity index (χ1n) is 7.74. The number of Topliss-reactive ketones (excluding diaryl/α,β-unsaturated/α-hetero) is 1. The van der Waals surface area contributed by atoms with Crippen molar-refractivity contribution in [1.82, 2.24) is 14.9 Å². The molecular formula is C17H20BrN3O. The van der Waals surface area contributed by atoms with E-state index >= 15 is 0 Å². The molecule has 0 amide bonds. The topological polar surface area (TPSA) is 46.9 Å². The van der Waals surface area contributed by atoms with E-state index in [1.165, 1.54) is 5.56 Å². The quantitative estimate of drug-likeness (QED) is 0.832. The minimum Gasteiger partial charge on any atom is -0.328 e. The van der Waals surface area contributed by atoms with Gasteiger partial charge in [-0.3, -0.25) is 4.79 Å². The van der Waals surface area contributed by atoms with Crippen LogP contribution >= 0.6 is 15.9 Å². The predicted octanol–water partition coefficient (Wildman–Crippen LogP) is 3.07. The average molecular weight is 362 g/mol. The number of aryl methyl sites for hydroxylation is 2. The molecule has 4 nitrogen and oxygen atoms in total. The van der Waals surface area contributed by atoms with Crippen molar-refractivity contribution in [2.45, 2.75) is 25.8 Å². The van der Waals surface area contributed by atoms with E-state index in [0.717, 1.165) is 43.4 Å². The molecule has 116 valence electrons. The van der Waals surface area contributed by atoms with Gasteiger partial charge in [-0.05, 0) is 50.0 Å². The van der Waals surface area contributed by atoms with E-state index in [9.17, 15) is 4.79 Å². The monoisotopic (exact) mass is 361 g/mol. The van der Waals surface area contributed by atoms with Gasteiger partial charge in [0.05, 0.1) is 0 Å². The summed E-state index contributed by atoms with van der Waals surface area (Å²) < 4.78 is 3.08. The second-order valence-electron chi connectivity index (χ2n) is 5.71. The van der Waals surface area contributed by atoms with E-state index in [0.29, 0.717) is 5.82 Å². The summed E-state index contributed by atoms with van der Waals surface area (Å²) in [4.78, 5) is 16.9. The van der Waals surface area contributed by atoms with Crippen LogP contribution in [-0.4, -0.2) is 28.4 Å². The number of carbonyl (C=O) groups excluding carboxylic acids is 1. The lowest BCUT2D eigenvalue weighted by atomic mass is 9.93. The highest BCUT2D eigenvalue weighted by Crippen LogP contribution is 2.18. The normalized spacial score (nSPS) is 15.9. The Balaban J connectivity index is 1.66. The molecule has 2 aromatic rings. The zero-order valence-electron chi connectivity index (χ0n) is 12.5. The summed E-state index contributed by atoms with van der Waals surface area (Å²) in [5.74, 6) is 0.932. The maximum atomic E-state index is 12.6. The predicted molar refractivity (Wildman–Crippen MR) is 90.0 cm³/mol. The smallest absolute Gasteiger partial charge is 0.201 e. The Kier molecular flexibility index (Phi) is 5.05. The Bertz CT molecular complexity index is 630. The third kappa shape index (κ3) is 3.65. The zero-order valence-corrected chi connectivity index (χ0v) is 14.1. The van der Waals surface area contributed by atoms with Gasteiger partial charge in [0, 0.05) is 29.3 Å². The number of nitrogens with one attached hydrogen (secondary N) is 1. The number of halogens is 1. The molecule has 0 radical (unpaired) electrons. The van der Waals surface area contributed by atoms with Crippen LogP contribution in [-0.2, 0) is 13.0 Å². The molecule has 1 aromatic carbocycles. The fraction of sp³-hybridized carbons (Fsp3) is 0.412. The van der Waals surface area contributed by atoms with Crippen LogP contribution < -0.4 is 5.32 Å². The highest BCUT2D eigenvalue weighted by molar-refractivity contribution is 9.10. The third-order valence-electron chi connectivity index (χ3n) is 4.20. The number of hydrogen-bond donors (Lipinski definition) is 1. The first kappa shape index (κ1) is 15.4. The van der Waals surface area contributed by atoms with Crippen molar-refractivity contribution in [2.75, 3.05) is 13.1 Å². The SMILES string of the molecule is O=C(c1nccn1CCc1ccc(Br)cc1)C1CCNCC1. The van der Waals surface area contributed by atoms with E-state index in [1.807, 2.05) is 22.9 Å². The van der Waals surface area contributed by atoms with E-state index in [-0.39, 0.29) is 11.7 Å². The highest BCUT2D eigenvalue weighted by Gasteiger charge is 2.25. The van der Waals surface area contributed by atoms with Crippen molar-refractivity contribution in [3.63, 3.8) is 0 Å². The molecule has 3 rings (SSSR count). The van der Waals surface area contributed by atoms with Gasteiger partial charge in [-0.1, -0.05) is 28.1 Å². The molecule has 0 spiro atoms. The largest absolute Gasteiger partial charge is 0.328 e. The molecular weight excluding hydrogens is 342 g/mol. The first-order chi connectivity index (χ1) is 10.7. The van der Waals surface area contributed by atoms with Gasteiger partial charge >= 0.3 is 0 Å². The van der Waals surface area contributed by atoms with Crippen molar-refractivity contribution < 1.29 is 4.79 Å². The average Bonchev–Trinajstić information content (AvgIpc) is 3.03. The van der Waals surface area contributed by atoms with Crippen LogP contribution in [0.3, 0.4) is 0 Å². The van der Waals surface area contributed by atoms with Crippen LogP contribution in [0.2, 0.25) is 0 Å². The van der Waals surface area contributed by atoms with Crippen LogP contribution in [0.25, 0.3) is 0 Å². The van der Waals surface area contributed by atoms with Crippen LogP contribution in [0, 0.1) is 5.92 Å². The lowest BCUT2D eigenvalue weighted by molar-refractivity contribution is 0.0879. The summed E-state index contributed by atoms with van der Waals surface area (Å²) in [5.41, 5.74) is 1.26. The lowest BCUT2D eigenvalue weighted by Gasteiger charge is -2.21. The number of nitrogens with zero attached hydrogens (tertiary/aromatic N) is 2. The summed E-state index contributed by atoms with van der Waals surface area (Å²) in [6.45, 7) is 2.64. The van der Waals surface area contributed by atoms with Crippen molar-refractivity contribution in [3.05, 3.63) is 52.5 Å². The van der Waals surface area contributed by atoms with Crippen molar-refractivity contribution in [3.8, 4) is 0 Å². The molecule has 0 saturated carbocycles. The number of rotatable bonds is 5. The first-order valence-corrected chi connectivity index (χ1v) is 8.54. The molecule has 1 saturated heterocycles. The number of aromatic nitrogens is 2. The molecule has 0 aliphatic carbocycles. The van der Waals surface area contributed by atoms with Gasteiger partial charge in [0.15, 0.2) is 5.82 Å². The Morgan fingerprint density at radius 2 is 2.00 bits per heavy atom. The fourth-order valence-electron chi connectivity index (χ4n) is 2.88. The highest BCUT2D eigenvalue weighted by atomic mass is 79.9. The minimum atomic E-state index is 0.120. The minimum absolute atomic E-state index is 0.120. The van der Waals surface area contributed by atoms with Crippen molar-refractivity contribution in [1.29, 1.82) is 0 Å². The maximum Gasteiger partial charge on any atom is 0.201 e. The van der Waals surface area contributed by atoms with Gasteiger partial charge < -0.3 is 9.88 Å². The van der Waals surface area contributed by atoms with Crippen LogP contribution in [0.5, 0.6) is 0 Å². The number of piperidine rings is 1. The number of carbonyl (C=O) groups is 1. The van der Waals surface area contributed by atoms with E-state index in [2.05, 4.69) is 38.4 Å². The van der Waals surface area contributed by atoms with Gasteiger partial charge in [0.1, 0.15) is 0 Å². The summed E-state index contributed by atoms with van der Waals surface area (Å²) in [5, 5.41) is 3.30. The van der Waals surface area contributed by atoms with Crippen LogP contribution in [0.15, 0.2) is 41.1 Å². The van der Waals surface area contributed by atoms with E-state index in [4.69, 9.17) is 0 Å². The summed E-state index contributed by atoms with van der Waals surface area (Å²) in [6, 6.07) is 8.30. The molecule has 1 aliphatic heterocycles. The third-order valence-corrected chi connectivity index (χ3v) is 4.73. The standard InChI is InChI=1S/C17H20BrN3O/c18-15-3-1-13(2-4-15)7-11-21-12-10-20-17(21)16(22)14-5-8-19-9-6-14/h1-4,10,12,14,19H,5-9,11H2. The van der Waals surface area contributed by atoms with Gasteiger partial charge in [-0.25, -0.2) is 4.98 Å². The van der Waals surface area contributed by atoms with Crippen molar-refractivity contribution in [2.24, 2.45) is 5.92 Å². The number of benzene rings is 1. The number of hydrogen-bond acceptors (Lipinski definition) is 3. The molecule has 0 bridgehead atoms. The maximum absolute atomic E-state index is 12.6. The summed E-state index contributed by atoms with van der Waals surface area (Å²) in [7, 11) is 0. The lowest BCUT2D eigenvalue weighted by Crippen LogP contribution is -2.33. The molecule has 1 N–H and O–H groups in total. The Morgan fingerprint density at radius 3 is 2.73 bits per heavy atom. The van der Waals surface area contributed by atoms with Crippen LogP contribution in [0.1, 0.15) is 29.0 Å². The van der Waals surface area contributed by atoms with E-state index < -0.39 is 0 Å². The van der Waals surface area contributed by atoms with Gasteiger partial charge in [-0.15, -0.1) is 0 Å². The van der Waals surface area contributed by atoms with Crippen LogP contribution in [0.4, 0.5) is 0 Å². The number of ketones is 1. The van der Waals surface area contributed by atoms with Gasteiger partial charge in [0.2, 0.25) is 5.78 Å². The van der Waals surface area contributed by atoms with Gasteiger partial charge in [0.25, 0.3) is 0 Å². The molecule has 0 unspecified atom stereocenters. The molecule has 5 heteroatoms. The Morgan fingerprint density at radius 1 is 1.27 bits per heavy atom. The molecule has 0 atom stereocenters. The van der Waals surface area contributed by atoms with Crippen molar-refractivity contribution >= 4 is 21.7 Å². The fourth-order valence-corrected chi connectivity index (χ4v) is 3.15. The molecule has 1 aliphatic rings.